The smallest absolute Gasteiger partial charge is 0.251 e. The molecule has 5 heteroatoms. The van der Waals surface area contributed by atoms with E-state index in [1.807, 2.05) is 0 Å². The van der Waals surface area contributed by atoms with Crippen LogP contribution in [0.4, 0.5) is 0 Å². The Labute approximate surface area is 116 Å². The molecule has 100 valence electrons. The van der Waals surface area contributed by atoms with Crippen LogP contribution in [0.2, 0.25) is 0 Å². The van der Waals surface area contributed by atoms with Crippen LogP contribution in [0.25, 0.3) is 0 Å². The molecule has 1 unspecified atom stereocenters. The summed E-state index contributed by atoms with van der Waals surface area (Å²) in [5.74, 6) is 0.679. The van der Waals surface area contributed by atoms with Crippen LogP contribution >= 0.6 is 11.8 Å². The zero-order valence-corrected chi connectivity index (χ0v) is 11.6. The van der Waals surface area contributed by atoms with Crippen molar-refractivity contribution in [3.8, 4) is 0 Å². The fourth-order valence-electron chi connectivity index (χ4n) is 1.69. The van der Waals surface area contributed by atoms with Gasteiger partial charge in [0.15, 0.2) is 5.16 Å². The molecular formula is C14H17N3OS. The van der Waals surface area contributed by atoms with Gasteiger partial charge in [0.05, 0.1) is 0 Å². The Kier molecular flexibility index (Phi) is 4.76. The van der Waals surface area contributed by atoms with E-state index in [0.717, 1.165) is 12.0 Å². The van der Waals surface area contributed by atoms with E-state index in [1.54, 1.807) is 0 Å². The van der Waals surface area contributed by atoms with Gasteiger partial charge in [-0.2, -0.15) is 0 Å². The lowest BCUT2D eigenvalue weighted by Gasteiger charge is -2.11. The number of H-pyrrole nitrogens is 1. The fourth-order valence-corrected chi connectivity index (χ4v) is 2.53. The second-order valence-electron chi connectivity index (χ2n) is 4.25. The van der Waals surface area contributed by atoms with Crippen molar-refractivity contribution in [2.24, 2.45) is 5.73 Å². The van der Waals surface area contributed by atoms with Crippen molar-refractivity contribution >= 4 is 11.8 Å². The van der Waals surface area contributed by atoms with Crippen LogP contribution in [0.1, 0.15) is 24.1 Å². The third kappa shape index (κ3) is 3.94. The average molecular weight is 275 g/mol. The molecule has 1 atom stereocenters. The maximum absolute atomic E-state index is 11.1. The van der Waals surface area contributed by atoms with E-state index >= 15 is 0 Å². The van der Waals surface area contributed by atoms with Crippen LogP contribution in [0, 0.1) is 0 Å². The minimum Gasteiger partial charge on any atom is -0.323 e. The molecule has 19 heavy (non-hydrogen) atoms. The highest BCUT2D eigenvalue weighted by Crippen LogP contribution is 2.20. The summed E-state index contributed by atoms with van der Waals surface area (Å²) in [6.45, 7) is 2.13. The first kappa shape index (κ1) is 13.8. The van der Waals surface area contributed by atoms with E-state index < -0.39 is 0 Å². The number of thioether (sulfide) groups is 1. The number of hydrogen-bond donors (Lipinski definition) is 2. The molecule has 0 saturated carbocycles. The number of rotatable bonds is 5. The van der Waals surface area contributed by atoms with Crippen LogP contribution in [-0.4, -0.2) is 15.7 Å². The fraction of sp³-hybridized carbons (Fsp3) is 0.286. The topological polar surface area (TPSA) is 71.8 Å². The molecule has 0 spiro atoms. The molecule has 0 aliphatic heterocycles. The first-order valence-electron chi connectivity index (χ1n) is 6.21. The first-order chi connectivity index (χ1) is 9.19. The Morgan fingerprint density at radius 1 is 1.32 bits per heavy atom. The molecule has 0 aliphatic carbocycles. The Morgan fingerprint density at radius 3 is 2.68 bits per heavy atom. The molecule has 4 nitrogen and oxygen atoms in total. The summed E-state index contributed by atoms with van der Waals surface area (Å²) in [7, 11) is 0. The van der Waals surface area contributed by atoms with E-state index in [0.29, 0.717) is 10.9 Å². The summed E-state index contributed by atoms with van der Waals surface area (Å²) in [6.07, 6.45) is 2.53. The standard InChI is InChI=1S/C14H17N3OS/c1-2-10-3-5-11(6-4-10)12(15)9-19-14-16-8-7-13(18)17-14/h3-8,12H,2,9,15H2,1H3,(H,16,17,18). The minimum atomic E-state index is -0.140. The maximum atomic E-state index is 11.1. The second-order valence-corrected chi connectivity index (χ2v) is 5.26. The zero-order chi connectivity index (χ0) is 13.7. The van der Waals surface area contributed by atoms with Gasteiger partial charge in [-0.05, 0) is 17.5 Å². The van der Waals surface area contributed by atoms with Gasteiger partial charge >= 0.3 is 0 Å². The number of aryl methyl sites for hydroxylation is 1. The van der Waals surface area contributed by atoms with Gasteiger partial charge in [-0.25, -0.2) is 4.98 Å². The molecule has 1 aromatic heterocycles. The SMILES string of the molecule is CCc1ccc(C(N)CSc2nccc(=O)[nH]2)cc1. The van der Waals surface area contributed by atoms with Crippen LogP contribution in [0.5, 0.6) is 0 Å². The van der Waals surface area contributed by atoms with Crippen molar-refractivity contribution in [1.29, 1.82) is 0 Å². The summed E-state index contributed by atoms with van der Waals surface area (Å²) in [4.78, 5) is 17.9. The number of hydrogen-bond acceptors (Lipinski definition) is 4. The molecule has 2 aromatic rings. The number of aromatic amines is 1. The highest BCUT2D eigenvalue weighted by molar-refractivity contribution is 7.99. The number of aromatic nitrogens is 2. The monoisotopic (exact) mass is 275 g/mol. The zero-order valence-electron chi connectivity index (χ0n) is 10.8. The molecule has 0 amide bonds. The number of nitrogens with two attached hydrogens (primary N) is 1. The van der Waals surface area contributed by atoms with E-state index in [1.165, 1.54) is 29.6 Å². The van der Waals surface area contributed by atoms with Gasteiger partial charge in [0.2, 0.25) is 0 Å². The van der Waals surface area contributed by atoms with Crippen molar-refractivity contribution < 1.29 is 0 Å². The molecule has 0 saturated heterocycles. The highest BCUT2D eigenvalue weighted by Gasteiger charge is 2.07. The largest absolute Gasteiger partial charge is 0.323 e. The van der Waals surface area contributed by atoms with Crippen molar-refractivity contribution in [1.82, 2.24) is 9.97 Å². The van der Waals surface area contributed by atoms with E-state index in [4.69, 9.17) is 5.73 Å². The molecule has 0 radical (unpaired) electrons. The van der Waals surface area contributed by atoms with Crippen molar-refractivity contribution in [3.05, 3.63) is 58.0 Å². The van der Waals surface area contributed by atoms with Crippen LogP contribution in [0.15, 0.2) is 46.5 Å². The predicted molar refractivity (Wildman–Crippen MR) is 78.3 cm³/mol. The van der Waals surface area contributed by atoms with Crippen molar-refractivity contribution in [2.45, 2.75) is 24.5 Å². The van der Waals surface area contributed by atoms with Crippen LogP contribution in [-0.2, 0) is 6.42 Å². The number of nitrogens with one attached hydrogen (secondary N) is 1. The second kappa shape index (κ2) is 6.54. The van der Waals surface area contributed by atoms with E-state index in [2.05, 4.69) is 41.2 Å². The average Bonchev–Trinajstić information content (AvgIpc) is 2.45. The predicted octanol–water partition coefficient (Wildman–Crippen LogP) is 2.12. The molecule has 0 fully saturated rings. The van der Waals surface area contributed by atoms with Crippen molar-refractivity contribution in [2.75, 3.05) is 5.75 Å². The van der Waals surface area contributed by atoms with Gasteiger partial charge in [0.1, 0.15) is 0 Å². The summed E-state index contributed by atoms with van der Waals surface area (Å²) in [6, 6.07) is 9.65. The Morgan fingerprint density at radius 2 is 2.05 bits per heavy atom. The lowest BCUT2D eigenvalue weighted by molar-refractivity contribution is 0.824. The summed E-state index contributed by atoms with van der Waals surface area (Å²) < 4.78 is 0. The molecule has 2 rings (SSSR count). The van der Waals surface area contributed by atoms with Crippen LogP contribution in [0.3, 0.4) is 0 Å². The summed E-state index contributed by atoms with van der Waals surface area (Å²) >= 11 is 1.46. The van der Waals surface area contributed by atoms with Gasteiger partial charge in [-0.1, -0.05) is 43.0 Å². The third-order valence-corrected chi connectivity index (χ3v) is 3.87. The van der Waals surface area contributed by atoms with Crippen LogP contribution < -0.4 is 11.3 Å². The minimum absolute atomic E-state index is 0.0681. The number of nitrogens with zero attached hydrogens (tertiary/aromatic N) is 1. The van der Waals surface area contributed by atoms with Gasteiger partial charge in [0, 0.05) is 24.1 Å². The molecule has 1 heterocycles. The molecule has 3 N–H and O–H groups in total. The maximum Gasteiger partial charge on any atom is 0.251 e. The van der Waals surface area contributed by atoms with Gasteiger partial charge < -0.3 is 10.7 Å². The van der Waals surface area contributed by atoms with Crippen molar-refractivity contribution in [3.63, 3.8) is 0 Å². The summed E-state index contributed by atoms with van der Waals surface area (Å²) in [5.41, 5.74) is 8.39. The van der Waals surface area contributed by atoms with Gasteiger partial charge in [0.25, 0.3) is 5.56 Å². The lowest BCUT2D eigenvalue weighted by Crippen LogP contribution is -2.14. The molecule has 0 bridgehead atoms. The summed E-state index contributed by atoms with van der Waals surface area (Å²) in [5, 5.41) is 0.605. The van der Waals surface area contributed by atoms with Gasteiger partial charge in [-0.3, -0.25) is 4.79 Å². The number of benzene rings is 1. The quantitative estimate of drug-likeness (QED) is 0.647. The first-order valence-corrected chi connectivity index (χ1v) is 7.20. The third-order valence-electron chi connectivity index (χ3n) is 2.86. The lowest BCUT2D eigenvalue weighted by atomic mass is 10.1. The molecular weight excluding hydrogens is 258 g/mol. The van der Waals surface area contributed by atoms with E-state index in [9.17, 15) is 4.79 Å². The van der Waals surface area contributed by atoms with Gasteiger partial charge in [-0.15, -0.1) is 0 Å². The Balaban J connectivity index is 1.96. The Bertz CT molecular complexity index is 580. The van der Waals surface area contributed by atoms with E-state index in [-0.39, 0.29) is 11.6 Å². The molecule has 1 aromatic carbocycles. The highest BCUT2D eigenvalue weighted by atomic mass is 32.2. The Hall–Kier alpha value is -1.59. The normalized spacial score (nSPS) is 12.3. The molecule has 0 aliphatic rings.